The van der Waals surface area contributed by atoms with Crippen LogP contribution in [0.5, 0.6) is 0 Å². The van der Waals surface area contributed by atoms with E-state index in [2.05, 4.69) is 9.67 Å². The van der Waals surface area contributed by atoms with Crippen LogP contribution in [0.15, 0.2) is 42.5 Å². The van der Waals surface area contributed by atoms with Crippen molar-refractivity contribution < 1.29 is 13.4 Å². The van der Waals surface area contributed by atoms with Gasteiger partial charge < -0.3 is 27.7 Å². The molecular weight excluding hydrogens is 499 g/mol. The summed E-state index contributed by atoms with van der Waals surface area (Å²) in [7, 11) is 0. The van der Waals surface area contributed by atoms with Crippen LogP contribution in [0.4, 0.5) is 13.4 Å². The molecule has 0 atom stereocenters. The van der Waals surface area contributed by atoms with Crippen LogP contribution in [-0.4, -0.2) is 79.6 Å². The van der Waals surface area contributed by atoms with Gasteiger partial charge in [0.2, 0.25) is 0 Å². The normalized spacial score (nSPS) is 27.8. The van der Waals surface area contributed by atoms with Gasteiger partial charge in [-0.05, 0) is 80.8 Å². The van der Waals surface area contributed by atoms with Gasteiger partial charge in [-0.25, -0.2) is 14.5 Å². The number of amides is 2. The van der Waals surface area contributed by atoms with Gasteiger partial charge in [0.15, 0.2) is 5.82 Å². The second-order valence-electron chi connectivity index (χ2n) is 13.7. The van der Waals surface area contributed by atoms with Crippen molar-refractivity contribution in [2.75, 3.05) is 32.7 Å². The summed E-state index contributed by atoms with van der Waals surface area (Å²) >= 11 is 0. The first kappa shape index (κ1) is 22.7. The van der Waals surface area contributed by atoms with Crippen LogP contribution in [0.2, 0.25) is 0 Å². The average molecular weight is 532 g/mol. The third-order valence-corrected chi connectivity index (χ3v) is 10.8. The summed E-state index contributed by atoms with van der Waals surface area (Å²) in [5.41, 5.74) is 2.94. The summed E-state index contributed by atoms with van der Waals surface area (Å²) < 4.78 is 33.3. The predicted molar refractivity (Wildman–Crippen MR) is 142 cm³/mol. The standard InChI is InChI=1S/C28H33BF2N7O/c30-29(31)36-7-1-3-23(36)22(24-4-2-8-37(24)29)9-19-10-27(11-19)14-34(15-27)26(39)35-16-28(17-35)12-21(13-28)38-18-32-25(33-38)20-5-6-20/h1-4,7,18-21H,5-6,8-17H2/q-1. The molecule has 0 radical (unpaired) electrons. The highest BCUT2D eigenvalue weighted by molar-refractivity contribution is 6.63. The lowest BCUT2D eigenvalue weighted by molar-refractivity contribution is -0.106. The molecule has 39 heavy (non-hydrogen) atoms. The molecule has 3 saturated carbocycles. The lowest BCUT2D eigenvalue weighted by Gasteiger charge is -2.63. The van der Waals surface area contributed by atoms with Gasteiger partial charge in [-0.2, -0.15) is 5.10 Å². The first-order valence-corrected chi connectivity index (χ1v) is 14.6. The van der Waals surface area contributed by atoms with Gasteiger partial charge in [-0.1, -0.05) is 6.08 Å². The number of fused-ring (bicyclic) bond motifs is 2. The Labute approximate surface area is 226 Å². The topological polar surface area (TPSA) is 62.4 Å². The van der Waals surface area contributed by atoms with E-state index < -0.39 is 6.97 Å². The van der Waals surface area contributed by atoms with Crippen molar-refractivity contribution in [3.8, 4) is 0 Å². The molecule has 8 nitrogen and oxygen atoms in total. The van der Waals surface area contributed by atoms with E-state index in [0.29, 0.717) is 29.3 Å². The monoisotopic (exact) mass is 532 g/mol. The fourth-order valence-corrected chi connectivity index (χ4v) is 8.68. The third-order valence-electron chi connectivity index (χ3n) is 10.8. The van der Waals surface area contributed by atoms with Crippen molar-refractivity contribution >= 4 is 18.6 Å². The minimum atomic E-state index is -3.77. The number of carbonyl (C=O) groups is 1. The fourth-order valence-electron chi connectivity index (χ4n) is 8.68. The molecule has 0 unspecified atom stereocenters. The van der Waals surface area contributed by atoms with E-state index in [1.54, 1.807) is 6.07 Å². The van der Waals surface area contributed by atoms with Crippen molar-refractivity contribution in [3.63, 3.8) is 0 Å². The van der Waals surface area contributed by atoms with Crippen molar-refractivity contribution in [1.29, 1.82) is 0 Å². The van der Waals surface area contributed by atoms with Gasteiger partial charge in [0.25, 0.3) is 0 Å². The first-order chi connectivity index (χ1) is 18.8. The molecule has 2 amide bonds. The maximum atomic E-state index is 15.0. The van der Waals surface area contributed by atoms with Crippen molar-refractivity contribution in [3.05, 3.63) is 54.0 Å². The van der Waals surface area contributed by atoms with Gasteiger partial charge in [0.05, 0.1) is 6.04 Å². The summed E-state index contributed by atoms with van der Waals surface area (Å²) in [5.74, 6) is 2.08. The number of aromatic nitrogens is 4. The number of allylic oxidation sites excluding steroid dienone is 2. The Kier molecular flexibility index (Phi) is 4.27. The Bertz CT molecular complexity index is 1430. The quantitative estimate of drug-likeness (QED) is 0.550. The zero-order valence-electron chi connectivity index (χ0n) is 22.1. The molecule has 2 spiro atoms. The Hall–Kier alpha value is -3.11. The van der Waals surface area contributed by atoms with Gasteiger partial charge >= 0.3 is 13.0 Å². The van der Waals surface area contributed by atoms with E-state index in [1.165, 1.54) is 28.3 Å². The average Bonchev–Trinajstić information content (AvgIpc) is 3.23. The van der Waals surface area contributed by atoms with Crippen LogP contribution in [0, 0.1) is 16.7 Å². The highest BCUT2D eigenvalue weighted by Gasteiger charge is 2.59. The number of hydrogen-bond acceptors (Lipinski definition) is 4. The third kappa shape index (κ3) is 3.18. The number of likely N-dealkylation sites (tertiary alicyclic amines) is 2. The summed E-state index contributed by atoms with van der Waals surface area (Å²) in [6.07, 6.45) is 14.8. The van der Waals surface area contributed by atoms with Gasteiger partial charge in [-0.3, -0.25) is 0 Å². The van der Waals surface area contributed by atoms with Gasteiger partial charge in [-0.15, -0.1) is 0 Å². The molecule has 2 aromatic rings. The molecule has 11 heteroatoms. The second kappa shape index (κ2) is 7.34. The summed E-state index contributed by atoms with van der Waals surface area (Å²) in [6.45, 7) is -0.0864. The molecule has 0 aromatic carbocycles. The molecule has 7 aliphatic rings. The Morgan fingerprint density at radius 1 is 1.05 bits per heavy atom. The van der Waals surface area contributed by atoms with E-state index in [1.807, 2.05) is 34.3 Å². The van der Waals surface area contributed by atoms with E-state index in [9.17, 15) is 4.79 Å². The summed E-state index contributed by atoms with van der Waals surface area (Å²) in [6, 6.07) is 4.20. The largest absolute Gasteiger partial charge is 0.529 e. The Morgan fingerprint density at radius 2 is 1.77 bits per heavy atom. The summed E-state index contributed by atoms with van der Waals surface area (Å²) in [5, 5.41) is 4.70. The maximum Gasteiger partial charge on any atom is 0.529 e. The van der Waals surface area contributed by atoms with Crippen molar-refractivity contribution in [2.24, 2.45) is 16.7 Å². The molecule has 6 heterocycles. The van der Waals surface area contributed by atoms with Crippen LogP contribution in [-0.2, 0) is 0 Å². The highest BCUT2D eigenvalue weighted by Crippen LogP contribution is 2.57. The van der Waals surface area contributed by atoms with Crippen molar-refractivity contribution in [1.82, 2.24) is 33.9 Å². The van der Waals surface area contributed by atoms with Crippen LogP contribution in [0.1, 0.15) is 68.4 Å². The van der Waals surface area contributed by atoms with Crippen LogP contribution < -0.4 is 0 Å². The molecule has 5 fully saturated rings. The van der Waals surface area contributed by atoms with Crippen molar-refractivity contribution in [2.45, 2.75) is 56.9 Å². The number of urea groups is 1. The SMILES string of the molecule is O=C(N1CC2(CC(CC3=C4C=CCN4[B-](F)(F)n4cccc43)C2)C1)N1CC2(CC(n3cnc(C4CC4)n3)C2)C1. The number of nitrogens with zero attached hydrogens (tertiary/aromatic N) is 7. The molecule has 2 saturated heterocycles. The molecule has 0 bridgehead atoms. The van der Waals surface area contributed by atoms with E-state index in [-0.39, 0.29) is 23.4 Å². The number of halogens is 2. The smallest absolute Gasteiger partial charge is 0.467 e. The van der Waals surface area contributed by atoms with E-state index in [4.69, 9.17) is 5.10 Å². The zero-order chi connectivity index (χ0) is 26.1. The molecule has 4 aliphatic heterocycles. The lowest BCUT2D eigenvalue weighted by Crippen LogP contribution is -2.71. The number of hydrogen-bond donors (Lipinski definition) is 0. The number of carbonyl (C=O) groups excluding carboxylic acids is 1. The molecule has 0 N–H and O–H groups in total. The predicted octanol–water partition coefficient (Wildman–Crippen LogP) is 4.34. The molecular formula is C28H33BF2N7O-. The van der Waals surface area contributed by atoms with Gasteiger partial charge in [0, 0.05) is 60.9 Å². The molecule has 2 aromatic heterocycles. The first-order valence-electron chi connectivity index (χ1n) is 14.6. The second-order valence-corrected chi connectivity index (χ2v) is 13.7. The molecule has 9 rings (SSSR count). The molecule has 3 aliphatic carbocycles. The van der Waals surface area contributed by atoms with Gasteiger partial charge in [0.1, 0.15) is 6.33 Å². The fraction of sp³-hybridized carbons (Fsp3) is 0.607. The zero-order valence-corrected chi connectivity index (χ0v) is 22.1. The lowest BCUT2D eigenvalue weighted by atomic mass is 9.56. The van der Waals surface area contributed by atoms with Crippen LogP contribution >= 0.6 is 0 Å². The minimum Gasteiger partial charge on any atom is -0.467 e. The van der Waals surface area contributed by atoms with E-state index >= 15 is 8.63 Å². The highest BCUT2D eigenvalue weighted by atomic mass is 19.2. The Balaban J connectivity index is 0.776. The minimum absolute atomic E-state index is 0.196. The van der Waals surface area contributed by atoms with Crippen LogP contribution in [0.25, 0.3) is 5.57 Å². The van der Waals surface area contributed by atoms with Crippen LogP contribution in [0.3, 0.4) is 0 Å². The number of rotatable bonds is 4. The Morgan fingerprint density at radius 3 is 2.49 bits per heavy atom. The molecule has 204 valence electrons. The maximum absolute atomic E-state index is 15.0. The summed E-state index contributed by atoms with van der Waals surface area (Å²) in [4.78, 5) is 23.0. The van der Waals surface area contributed by atoms with E-state index in [0.717, 1.165) is 69.7 Å².